The van der Waals surface area contributed by atoms with E-state index in [4.69, 9.17) is 10.8 Å². The first kappa shape index (κ1) is 13.2. The molecule has 0 radical (unpaired) electrons. The molecule has 0 spiro atoms. The minimum Gasteiger partial charge on any atom is -0.458 e. The largest absolute Gasteiger partial charge is 0.458 e. The highest BCUT2D eigenvalue weighted by Crippen LogP contribution is 2.30. The Hall–Kier alpha value is -1.24. The lowest BCUT2D eigenvalue weighted by Gasteiger charge is -2.13. The van der Waals surface area contributed by atoms with E-state index in [9.17, 15) is 0 Å². The van der Waals surface area contributed by atoms with Crippen LogP contribution in [0.3, 0.4) is 0 Å². The predicted octanol–water partition coefficient (Wildman–Crippen LogP) is 4.26. The molecular formula is C15H16BrNO. The fourth-order valence-electron chi connectivity index (χ4n) is 2.04. The Labute approximate surface area is 116 Å². The Bertz CT molecular complexity index is 567. The molecule has 1 unspecified atom stereocenters. The average Bonchev–Trinajstić information content (AvgIpc) is 2.80. The fourth-order valence-corrected chi connectivity index (χ4v) is 2.50. The summed E-state index contributed by atoms with van der Waals surface area (Å²) in [6, 6.07) is 8.32. The minimum atomic E-state index is 0.186. The van der Waals surface area contributed by atoms with Crippen molar-refractivity contribution in [3.8, 4) is 12.3 Å². The molecule has 0 aliphatic carbocycles. The highest BCUT2D eigenvalue weighted by atomic mass is 79.9. The third-order valence-electron chi connectivity index (χ3n) is 2.89. The van der Waals surface area contributed by atoms with Gasteiger partial charge in [0.25, 0.3) is 0 Å². The molecule has 0 amide bonds. The van der Waals surface area contributed by atoms with Gasteiger partial charge < -0.3 is 9.73 Å². The van der Waals surface area contributed by atoms with Crippen LogP contribution in [0.1, 0.15) is 31.6 Å². The molecule has 0 aliphatic heterocycles. The molecule has 1 heterocycles. The van der Waals surface area contributed by atoms with E-state index in [0.29, 0.717) is 0 Å². The van der Waals surface area contributed by atoms with E-state index in [-0.39, 0.29) is 6.04 Å². The Morgan fingerprint density at radius 3 is 3.00 bits per heavy atom. The maximum absolute atomic E-state index is 5.93. The molecule has 0 aliphatic rings. The molecule has 18 heavy (non-hydrogen) atoms. The number of rotatable bonds is 5. The standard InChI is InChI=1S/C15H16BrNO/c1-3-5-9-13(17-4-2)14-10-11-7-6-8-12(16)15(11)18-14/h1,6-8,10,13,17H,4-5,9H2,2H3. The number of para-hydroxylation sites is 1. The molecule has 2 aromatic rings. The van der Waals surface area contributed by atoms with Crippen LogP contribution in [0.15, 0.2) is 33.2 Å². The monoisotopic (exact) mass is 305 g/mol. The van der Waals surface area contributed by atoms with Gasteiger partial charge in [0.2, 0.25) is 0 Å². The van der Waals surface area contributed by atoms with Gasteiger partial charge in [0.05, 0.1) is 10.5 Å². The Balaban J connectivity index is 2.32. The van der Waals surface area contributed by atoms with Gasteiger partial charge in [-0.15, -0.1) is 12.3 Å². The zero-order valence-electron chi connectivity index (χ0n) is 10.4. The van der Waals surface area contributed by atoms with Crippen LogP contribution >= 0.6 is 15.9 Å². The van der Waals surface area contributed by atoms with E-state index in [1.54, 1.807) is 0 Å². The Morgan fingerprint density at radius 2 is 2.33 bits per heavy atom. The second kappa shape index (κ2) is 6.08. The first-order valence-corrected chi connectivity index (χ1v) is 6.90. The van der Waals surface area contributed by atoms with Crippen molar-refractivity contribution in [1.29, 1.82) is 0 Å². The molecular weight excluding hydrogens is 290 g/mol. The topological polar surface area (TPSA) is 25.2 Å². The smallest absolute Gasteiger partial charge is 0.148 e. The van der Waals surface area contributed by atoms with Gasteiger partial charge in [-0.25, -0.2) is 0 Å². The van der Waals surface area contributed by atoms with Crippen molar-refractivity contribution < 1.29 is 4.42 Å². The van der Waals surface area contributed by atoms with Gasteiger partial charge in [0.15, 0.2) is 0 Å². The van der Waals surface area contributed by atoms with Crippen LogP contribution < -0.4 is 5.32 Å². The van der Waals surface area contributed by atoms with Crippen LogP contribution in [0.5, 0.6) is 0 Å². The van der Waals surface area contributed by atoms with Crippen molar-refractivity contribution in [1.82, 2.24) is 5.32 Å². The fraction of sp³-hybridized carbons (Fsp3) is 0.333. The van der Waals surface area contributed by atoms with Gasteiger partial charge in [-0.3, -0.25) is 0 Å². The number of halogens is 1. The SMILES string of the molecule is C#CCCC(NCC)c1cc2cccc(Br)c2o1. The van der Waals surface area contributed by atoms with Crippen LogP contribution in [0.25, 0.3) is 11.0 Å². The van der Waals surface area contributed by atoms with Gasteiger partial charge >= 0.3 is 0 Å². The summed E-state index contributed by atoms with van der Waals surface area (Å²) in [4.78, 5) is 0. The van der Waals surface area contributed by atoms with Gasteiger partial charge in [-0.05, 0) is 41.0 Å². The third kappa shape index (κ3) is 2.77. The Morgan fingerprint density at radius 1 is 1.50 bits per heavy atom. The first-order valence-electron chi connectivity index (χ1n) is 6.11. The summed E-state index contributed by atoms with van der Waals surface area (Å²) >= 11 is 3.50. The number of benzene rings is 1. The highest BCUT2D eigenvalue weighted by molar-refractivity contribution is 9.10. The molecule has 1 aromatic carbocycles. The summed E-state index contributed by atoms with van der Waals surface area (Å²) in [5.74, 6) is 3.63. The summed E-state index contributed by atoms with van der Waals surface area (Å²) < 4.78 is 6.92. The summed E-state index contributed by atoms with van der Waals surface area (Å²) in [7, 11) is 0. The van der Waals surface area contributed by atoms with E-state index >= 15 is 0 Å². The average molecular weight is 306 g/mol. The molecule has 0 saturated heterocycles. The summed E-state index contributed by atoms with van der Waals surface area (Å²) in [6.45, 7) is 2.98. The van der Waals surface area contributed by atoms with Crippen LogP contribution in [0.2, 0.25) is 0 Å². The van der Waals surface area contributed by atoms with E-state index in [0.717, 1.165) is 40.6 Å². The summed E-state index contributed by atoms with van der Waals surface area (Å²) in [5, 5.41) is 4.52. The third-order valence-corrected chi connectivity index (χ3v) is 3.51. The van der Waals surface area contributed by atoms with E-state index in [1.165, 1.54) is 0 Å². The van der Waals surface area contributed by atoms with Gasteiger partial charge in [-0.1, -0.05) is 19.1 Å². The number of hydrogen-bond donors (Lipinski definition) is 1. The number of furan rings is 1. The highest BCUT2D eigenvalue weighted by Gasteiger charge is 2.15. The van der Waals surface area contributed by atoms with Crippen LogP contribution in [-0.2, 0) is 0 Å². The quantitative estimate of drug-likeness (QED) is 0.835. The molecule has 1 atom stereocenters. The van der Waals surface area contributed by atoms with Crippen molar-refractivity contribution in [3.05, 3.63) is 34.5 Å². The lowest BCUT2D eigenvalue weighted by molar-refractivity contribution is 0.420. The van der Waals surface area contributed by atoms with Crippen molar-refractivity contribution in [2.24, 2.45) is 0 Å². The lowest BCUT2D eigenvalue weighted by Crippen LogP contribution is -2.20. The molecule has 2 nitrogen and oxygen atoms in total. The zero-order chi connectivity index (χ0) is 13.0. The number of nitrogens with one attached hydrogen (secondary N) is 1. The second-order valence-corrected chi connectivity index (χ2v) is 5.01. The molecule has 0 fully saturated rings. The van der Waals surface area contributed by atoms with Gasteiger partial charge in [-0.2, -0.15) is 0 Å². The predicted molar refractivity (Wildman–Crippen MR) is 78.4 cm³/mol. The second-order valence-electron chi connectivity index (χ2n) is 4.16. The molecule has 1 N–H and O–H groups in total. The number of hydrogen-bond acceptors (Lipinski definition) is 2. The molecule has 0 bridgehead atoms. The normalized spacial score (nSPS) is 12.5. The molecule has 3 heteroatoms. The van der Waals surface area contributed by atoms with Crippen LogP contribution in [0.4, 0.5) is 0 Å². The number of fused-ring (bicyclic) bond motifs is 1. The van der Waals surface area contributed by atoms with Crippen molar-refractivity contribution in [2.75, 3.05) is 6.54 Å². The molecule has 94 valence electrons. The Kier molecular flexibility index (Phi) is 4.46. The maximum atomic E-state index is 5.93. The number of terminal acetylenes is 1. The van der Waals surface area contributed by atoms with Crippen LogP contribution in [0, 0.1) is 12.3 Å². The molecule has 2 rings (SSSR count). The maximum Gasteiger partial charge on any atom is 0.148 e. The zero-order valence-corrected chi connectivity index (χ0v) is 12.0. The van der Waals surface area contributed by atoms with E-state index < -0.39 is 0 Å². The lowest BCUT2D eigenvalue weighted by atomic mass is 10.1. The van der Waals surface area contributed by atoms with E-state index in [2.05, 4.69) is 46.2 Å². The molecule has 0 saturated carbocycles. The summed E-state index contributed by atoms with van der Waals surface area (Å²) in [6.07, 6.45) is 6.97. The van der Waals surface area contributed by atoms with Gasteiger partial charge in [0.1, 0.15) is 11.3 Å². The van der Waals surface area contributed by atoms with Crippen molar-refractivity contribution in [3.63, 3.8) is 0 Å². The van der Waals surface area contributed by atoms with Gasteiger partial charge in [0, 0.05) is 11.8 Å². The van der Waals surface area contributed by atoms with Crippen molar-refractivity contribution >= 4 is 26.9 Å². The summed E-state index contributed by atoms with van der Waals surface area (Å²) in [5.41, 5.74) is 0.899. The first-order chi connectivity index (χ1) is 8.76. The van der Waals surface area contributed by atoms with Crippen molar-refractivity contribution in [2.45, 2.75) is 25.8 Å². The van der Waals surface area contributed by atoms with Crippen LogP contribution in [-0.4, -0.2) is 6.54 Å². The molecule has 1 aromatic heterocycles. The van der Waals surface area contributed by atoms with E-state index in [1.807, 2.05) is 12.1 Å². The minimum absolute atomic E-state index is 0.186.